The van der Waals surface area contributed by atoms with Gasteiger partial charge in [-0.3, -0.25) is 24.6 Å². The summed E-state index contributed by atoms with van der Waals surface area (Å²) >= 11 is 0. The highest BCUT2D eigenvalue weighted by molar-refractivity contribution is 6.25. The van der Waals surface area contributed by atoms with E-state index in [2.05, 4.69) is 11.9 Å². The second kappa shape index (κ2) is 11.1. The molecule has 0 radical (unpaired) electrons. The van der Waals surface area contributed by atoms with Crippen molar-refractivity contribution in [3.05, 3.63) is 52.5 Å². The summed E-state index contributed by atoms with van der Waals surface area (Å²) < 4.78 is 4.91. The topological polar surface area (TPSA) is 203 Å². The highest BCUT2D eigenvalue weighted by atomic mass is 35.5. The molecule has 2 unspecified atom stereocenters. The van der Waals surface area contributed by atoms with Crippen LogP contribution in [0.4, 0.5) is 16.2 Å². The Bertz CT molecular complexity index is 1420. The lowest BCUT2D eigenvalue weighted by molar-refractivity contribution is -0.148. The number of fused-ring (bicyclic) bond motifs is 3. The predicted molar refractivity (Wildman–Crippen MR) is 150 cm³/mol. The van der Waals surface area contributed by atoms with E-state index in [4.69, 9.17) is 10.5 Å². The number of nitrogens with zero attached hydrogens (tertiary/aromatic N) is 2. The Morgan fingerprint density at radius 1 is 1.22 bits per heavy atom. The van der Waals surface area contributed by atoms with Gasteiger partial charge in [-0.1, -0.05) is 12.7 Å². The first-order valence-electron chi connectivity index (χ1n) is 12.4. The number of allylic oxidation sites excluding steroid dienone is 1. The SMILES string of the molecule is C=CCOC(=O)Nc1cc(N(C)C)c2c(c1O)C(=O)C1=C(O)[C@]3(O)C(=O)C(C(N)=O)=C(O)[C@@H](N(C)C)C3CC1C2.Cl. The van der Waals surface area contributed by atoms with Gasteiger partial charge >= 0.3 is 6.09 Å². The van der Waals surface area contributed by atoms with Gasteiger partial charge in [-0.25, -0.2) is 4.79 Å². The van der Waals surface area contributed by atoms with E-state index < -0.39 is 69.9 Å². The van der Waals surface area contributed by atoms with Gasteiger partial charge in [0.1, 0.15) is 23.7 Å². The molecule has 0 aliphatic heterocycles. The number of ether oxygens (including phenoxy) is 1. The molecule has 1 aromatic rings. The molecule has 0 aromatic heterocycles. The maximum absolute atomic E-state index is 13.9. The van der Waals surface area contributed by atoms with Crippen molar-refractivity contribution in [2.24, 2.45) is 17.6 Å². The van der Waals surface area contributed by atoms with E-state index >= 15 is 0 Å². The molecule has 4 rings (SSSR count). The average Bonchev–Trinajstić information content (AvgIpc) is 2.85. The summed E-state index contributed by atoms with van der Waals surface area (Å²) in [5.74, 6) is -7.53. The summed E-state index contributed by atoms with van der Waals surface area (Å²) in [6.07, 6.45) is 0.513. The Kier molecular flexibility index (Phi) is 8.49. The number of phenolic OH excluding ortho intramolecular Hbond substituents is 1. The van der Waals surface area contributed by atoms with E-state index in [0.29, 0.717) is 11.3 Å². The number of likely N-dealkylation sites (N-methyl/N-ethyl adjacent to an activating group) is 1. The van der Waals surface area contributed by atoms with Gasteiger partial charge in [0.15, 0.2) is 17.1 Å². The molecule has 3 aliphatic rings. The molecule has 4 atom stereocenters. The van der Waals surface area contributed by atoms with Crippen LogP contribution in [-0.4, -0.2) is 95.3 Å². The molecule has 0 heterocycles. The average molecular weight is 593 g/mol. The largest absolute Gasteiger partial charge is 0.510 e. The highest BCUT2D eigenvalue weighted by Gasteiger charge is 2.63. The zero-order valence-electron chi connectivity index (χ0n) is 22.9. The van der Waals surface area contributed by atoms with Crippen LogP contribution in [0.25, 0.3) is 0 Å². The summed E-state index contributed by atoms with van der Waals surface area (Å²) in [7, 11) is 6.53. The molecule has 222 valence electrons. The fraction of sp³-hybridized carbons (Fsp3) is 0.407. The number of hydrogen-bond acceptors (Lipinski definition) is 11. The Hall–Kier alpha value is -4.07. The molecule has 0 spiro atoms. The van der Waals surface area contributed by atoms with Crippen molar-refractivity contribution in [2.75, 3.05) is 45.0 Å². The van der Waals surface area contributed by atoms with Gasteiger partial charge in [0.2, 0.25) is 5.78 Å². The Morgan fingerprint density at radius 2 is 1.85 bits per heavy atom. The molecule has 2 amide bonds. The van der Waals surface area contributed by atoms with Crippen LogP contribution in [0.2, 0.25) is 0 Å². The Morgan fingerprint density at radius 3 is 2.39 bits per heavy atom. The van der Waals surface area contributed by atoms with E-state index in [0.717, 1.165) is 0 Å². The summed E-state index contributed by atoms with van der Waals surface area (Å²) in [5.41, 5.74) is 1.97. The molecule has 0 bridgehead atoms. The van der Waals surface area contributed by atoms with Crippen molar-refractivity contribution in [3.63, 3.8) is 0 Å². The van der Waals surface area contributed by atoms with E-state index in [-0.39, 0.29) is 48.7 Å². The monoisotopic (exact) mass is 592 g/mol. The van der Waals surface area contributed by atoms with Crippen LogP contribution < -0.4 is 16.0 Å². The highest BCUT2D eigenvalue weighted by Crippen LogP contribution is 2.53. The minimum atomic E-state index is -2.74. The minimum Gasteiger partial charge on any atom is -0.510 e. The third-order valence-electron chi connectivity index (χ3n) is 7.75. The summed E-state index contributed by atoms with van der Waals surface area (Å²) in [4.78, 5) is 54.8. The van der Waals surface area contributed by atoms with Crippen molar-refractivity contribution in [1.29, 1.82) is 0 Å². The number of aromatic hydroxyl groups is 1. The number of aliphatic hydroxyl groups is 3. The fourth-order valence-corrected chi connectivity index (χ4v) is 6.07. The number of carbonyl (C=O) groups is 4. The second-order valence-corrected chi connectivity index (χ2v) is 10.5. The second-order valence-electron chi connectivity index (χ2n) is 10.5. The normalized spacial score (nSPS) is 25.1. The lowest BCUT2D eigenvalue weighted by Gasteiger charge is -2.50. The minimum absolute atomic E-state index is 0. The van der Waals surface area contributed by atoms with E-state index in [9.17, 15) is 39.6 Å². The summed E-state index contributed by atoms with van der Waals surface area (Å²) in [6.45, 7) is 3.36. The van der Waals surface area contributed by atoms with Crippen LogP contribution in [0.1, 0.15) is 22.3 Å². The first-order chi connectivity index (χ1) is 18.7. The smallest absolute Gasteiger partial charge is 0.412 e. The van der Waals surface area contributed by atoms with Crippen molar-refractivity contribution >= 4 is 47.3 Å². The van der Waals surface area contributed by atoms with Gasteiger partial charge in [-0.05, 0) is 44.5 Å². The Labute approximate surface area is 242 Å². The molecule has 41 heavy (non-hydrogen) atoms. The third-order valence-corrected chi connectivity index (χ3v) is 7.75. The van der Waals surface area contributed by atoms with Crippen LogP contribution >= 0.6 is 12.4 Å². The van der Waals surface area contributed by atoms with Gasteiger partial charge in [-0.2, -0.15) is 0 Å². The molecule has 0 saturated heterocycles. The molecule has 1 aromatic carbocycles. The number of primary amides is 1. The van der Waals surface area contributed by atoms with Crippen molar-refractivity contribution in [2.45, 2.75) is 24.5 Å². The molecule has 3 aliphatic carbocycles. The van der Waals surface area contributed by atoms with Crippen LogP contribution in [0, 0.1) is 11.8 Å². The van der Waals surface area contributed by atoms with E-state index in [1.165, 1.54) is 17.0 Å². The first-order valence-corrected chi connectivity index (χ1v) is 12.4. The number of nitrogens with two attached hydrogens (primary N) is 1. The van der Waals surface area contributed by atoms with Crippen LogP contribution in [0.15, 0.2) is 41.4 Å². The number of phenols is 1. The van der Waals surface area contributed by atoms with Gasteiger partial charge in [0.05, 0.1) is 17.3 Å². The molecule has 13 nitrogen and oxygen atoms in total. The number of carbonyl (C=O) groups excluding carboxylic acids is 4. The van der Waals surface area contributed by atoms with Crippen LogP contribution in [-0.2, 0) is 20.7 Å². The summed E-state index contributed by atoms with van der Waals surface area (Å²) in [6, 6.07) is 0.394. The van der Waals surface area contributed by atoms with Crippen LogP contribution in [0.3, 0.4) is 0 Å². The number of nitrogens with one attached hydrogen (secondary N) is 1. The first kappa shape index (κ1) is 31.5. The molecule has 0 fully saturated rings. The maximum Gasteiger partial charge on any atom is 0.412 e. The number of hydrogen-bond donors (Lipinski definition) is 6. The van der Waals surface area contributed by atoms with Gasteiger partial charge in [0, 0.05) is 31.3 Å². The fourth-order valence-electron chi connectivity index (χ4n) is 6.07. The molecular weight excluding hydrogens is 560 g/mol. The third kappa shape index (κ3) is 4.69. The number of halogens is 1. The van der Waals surface area contributed by atoms with Crippen molar-refractivity contribution in [1.82, 2.24) is 4.90 Å². The van der Waals surface area contributed by atoms with Crippen molar-refractivity contribution in [3.8, 4) is 5.75 Å². The predicted octanol–water partition coefficient (Wildman–Crippen LogP) is 1.34. The number of Topliss-reactive ketones (excluding diaryl/α,β-unsaturated/α-hetero) is 2. The molecule has 7 N–H and O–H groups in total. The lowest BCUT2D eigenvalue weighted by atomic mass is 9.58. The number of rotatable bonds is 6. The number of aliphatic hydroxyl groups excluding tert-OH is 2. The number of ketones is 2. The molecule has 0 saturated carbocycles. The van der Waals surface area contributed by atoms with E-state index in [1.807, 2.05) is 0 Å². The van der Waals surface area contributed by atoms with Gasteiger partial charge in [-0.15, -0.1) is 12.4 Å². The van der Waals surface area contributed by atoms with Crippen molar-refractivity contribution < 1.29 is 44.3 Å². The number of benzene rings is 1. The van der Waals surface area contributed by atoms with Gasteiger partial charge in [0.25, 0.3) is 5.91 Å². The maximum atomic E-state index is 13.9. The molecule has 14 heteroatoms. The number of amides is 2. The van der Waals surface area contributed by atoms with E-state index in [1.54, 1.807) is 33.1 Å². The molecular formula is C27H33ClN4O9. The lowest BCUT2D eigenvalue weighted by Crippen LogP contribution is -2.63. The number of anilines is 2. The Balaban J connectivity index is 0.00000462. The standard InChI is InChI=1S/C27H32N4O9.ClH/c1-6-7-40-26(38)29-14-10-15(30(2)3)12-8-11-9-13-19(31(4)5)22(34)18(25(28)37)24(36)27(13,39)23(35)16(11)21(33)17(12)20(14)32;/h6,10-11,13,19,32,34-35,39H,1,7-9H2,2-5H3,(H2,28,37)(H,29,38);1H/t11?,13?,19-,27-;/m0./s1. The van der Waals surface area contributed by atoms with Gasteiger partial charge < -0.3 is 35.8 Å². The zero-order chi connectivity index (χ0) is 29.8. The zero-order valence-corrected chi connectivity index (χ0v) is 23.7. The summed E-state index contributed by atoms with van der Waals surface area (Å²) in [5, 5.41) is 47.5. The van der Waals surface area contributed by atoms with Crippen LogP contribution in [0.5, 0.6) is 5.75 Å². The quantitative estimate of drug-likeness (QED) is 0.158.